The zero-order valence-corrected chi connectivity index (χ0v) is 15.2. The van der Waals surface area contributed by atoms with Crippen molar-refractivity contribution in [3.05, 3.63) is 58.6 Å². The predicted molar refractivity (Wildman–Crippen MR) is 101 cm³/mol. The Morgan fingerprint density at radius 1 is 1.20 bits per heavy atom. The van der Waals surface area contributed by atoms with E-state index in [1.807, 2.05) is 12.1 Å². The summed E-state index contributed by atoms with van der Waals surface area (Å²) < 4.78 is 5.26. The van der Waals surface area contributed by atoms with Gasteiger partial charge in [0.05, 0.1) is 26.7 Å². The highest BCUT2D eigenvalue weighted by Gasteiger charge is 2.27. The second kappa shape index (κ2) is 8.37. The van der Waals surface area contributed by atoms with Crippen molar-refractivity contribution in [3.63, 3.8) is 0 Å². The molecule has 0 radical (unpaired) electrons. The lowest BCUT2D eigenvalue weighted by Crippen LogP contribution is -3.10. The zero-order chi connectivity index (χ0) is 17.6. The molecule has 0 aliphatic carbocycles. The molecule has 2 aromatic rings. The van der Waals surface area contributed by atoms with E-state index in [4.69, 9.17) is 16.3 Å². The number of aromatic hydroxyl groups is 1. The van der Waals surface area contributed by atoms with Crippen LogP contribution in [-0.2, 0) is 0 Å². The number of quaternary nitrogens is 1. The summed E-state index contributed by atoms with van der Waals surface area (Å²) in [6.45, 7) is 3.02. The molecule has 1 heterocycles. The van der Waals surface area contributed by atoms with E-state index >= 15 is 0 Å². The smallest absolute Gasteiger partial charge is 0.133 e. The van der Waals surface area contributed by atoms with Crippen LogP contribution in [0.1, 0.15) is 30.0 Å². The second-order valence-corrected chi connectivity index (χ2v) is 6.82. The fourth-order valence-electron chi connectivity index (χ4n) is 3.37. The lowest BCUT2D eigenvalue weighted by atomic mass is 10.1. The van der Waals surface area contributed by atoms with Crippen molar-refractivity contribution in [1.82, 2.24) is 0 Å². The molecule has 0 bridgehead atoms. The molecule has 1 fully saturated rings. The van der Waals surface area contributed by atoms with E-state index in [1.54, 1.807) is 36.4 Å². The topological polar surface area (TPSA) is 46.3 Å². The monoisotopic (exact) mass is 359 g/mol. The van der Waals surface area contributed by atoms with Gasteiger partial charge in [0.1, 0.15) is 17.5 Å². The van der Waals surface area contributed by atoms with Gasteiger partial charge in [-0.2, -0.15) is 0 Å². The third kappa shape index (κ3) is 4.53. The van der Waals surface area contributed by atoms with Crippen LogP contribution in [0.5, 0.6) is 11.5 Å². The van der Waals surface area contributed by atoms with E-state index in [9.17, 15) is 5.11 Å². The number of rotatable bonds is 6. The van der Waals surface area contributed by atoms with Crippen molar-refractivity contribution in [1.29, 1.82) is 0 Å². The number of phenolic OH excluding ortho intramolecular Hbond substituents is 1. The molecular formula is C20H24ClN2O2+. The normalized spacial score (nSPS) is 16.4. The number of ether oxygens (including phenoxy) is 1. The van der Waals surface area contributed by atoms with Gasteiger partial charge in [-0.3, -0.25) is 4.99 Å². The van der Waals surface area contributed by atoms with Crippen LogP contribution in [-0.4, -0.2) is 38.1 Å². The largest absolute Gasteiger partial charge is 0.507 e. The van der Waals surface area contributed by atoms with Crippen molar-refractivity contribution >= 4 is 17.8 Å². The maximum Gasteiger partial charge on any atom is 0.133 e. The molecule has 0 unspecified atom stereocenters. The standard InChI is InChI=1S/C20H23ClN2O2/c1-25-18-7-4-15(5-8-18)19(23-10-2-3-11-23)14-22-13-16-12-17(21)6-9-20(16)24/h4-9,12-13,19,24H,2-3,10-11,14H2,1H3/p+1/t19-/m0/s1. The maximum atomic E-state index is 9.92. The summed E-state index contributed by atoms with van der Waals surface area (Å²) in [6, 6.07) is 13.6. The fraction of sp³-hybridized carbons (Fsp3) is 0.350. The Labute approximate surface area is 153 Å². The number of halogens is 1. The number of nitrogens with one attached hydrogen (secondary N) is 1. The van der Waals surface area contributed by atoms with Gasteiger partial charge in [-0.05, 0) is 42.5 Å². The molecule has 25 heavy (non-hydrogen) atoms. The molecule has 0 saturated carbocycles. The van der Waals surface area contributed by atoms with Crippen molar-refractivity contribution < 1.29 is 14.7 Å². The van der Waals surface area contributed by atoms with Crippen molar-refractivity contribution in [2.75, 3.05) is 26.7 Å². The van der Waals surface area contributed by atoms with E-state index in [2.05, 4.69) is 17.1 Å². The summed E-state index contributed by atoms with van der Waals surface area (Å²) in [4.78, 5) is 6.18. The summed E-state index contributed by atoms with van der Waals surface area (Å²) in [5, 5.41) is 10.5. The minimum atomic E-state index is 0.197. The summed E-state index contributed by atoms with van der Waals surface area (Å²) in [5.74, 6) is 1.06. The first-order valence-corrected chi connectivity index (χ1v) is 9.02. The van der Waals surface area contributed by atoms with Crippen LogP contribution >= 0.6 is 11.6 Å². The summed E-state index contributed by atoms with van der Waals surface area (Å²) in [6.07, 6.45) is 4.24. The van der Waals surface area contributed by atoms with Crippen LogP contribution in [0.15, 0.2) is 47.5 Å². The van der Waals surface area contributed by atoms with Gasteiger partial charge in [0.25, 0.3) is 0 Å². The minimum Gasteiger partial charge on any atom is -0.507 e. The van der Waals surface area contributed by atoms with Crippen molar-refractivity contribution in [2.24, 2.45) is 4.99 Å². The first kappa shape index (κ1) is 17.8. The molecule has 2 N–H and O–H groups in total. The van der Waals surface area contributed by atoms with Gasteiger partial charge in [0, 0.05) is 35.2 Å². The molecule has 1 aliphatic heterocycles. The number of hydrogen-bond acceptors (Lipinski definition) is 3. The number of methoxy groups -OCH3 is 1. The molecule has 1 atom stereocenters. The highest BCUT2D eigenvalue weighted by molar-refractivity contribution is 6.30. The Bertz CT molecular complexity index is 725. The molecule has 5 heteroatoms. The molecule has 1 aliphatic rings. The minimum absolute atomic E-state index is 0.197. The molecule has 0 amide bonds. The number of phenols is 1. The first-order valence-electron chi connectivity index (χ1n) is 8.64. The highest BCUT2D eigenvalue weighted by atomic mass is 35.5. The number of likely N-dealkylation sites (tertiary alicyclic amines) is 1. The third-order valence-electron chi connectivity index (χ3n) is 4.76. The van der Waals surface area contributed by atoms with Gasteiger partial charge in [-0.25, -0.2) is 0 Å². The Kier molecular flexibility index (Phi) is 5.95. The van der Waals surface area contributed by atoms with Crippen LogP contribution in [0.2, 0.25) is 5.02 Å². The van der Waals surface area contributed by atoms with E-state index in [-0.39, 0.29) is 5.75 Å². The Morgan fingerprint density at radius 2 is 1.92 bits per heavy atom. The van der Waals surface area contributed by atoms with Gasteiger partial charge in [0.15, 0.2) is 0 Å². The van der Waals surface area contributed by atoms with Gasteiger partial charge in [-0.1, -0.05) is 11.6 Å². The van der Waals surface area contributed by atoms with Gasteiger partial charge < -0.3 is 14.7 Å². The van der Waals surface area contributed by atoms with Crippen LogP contribution in [0.3, 0.4) is 0 Å². The van der Waals surface area contributed by atoms with E-state index in [0.717, 1.165) is 5.75 Å². The number of benzene rings is 2. The molecule has 132 valence electrons. The van der Waals surface area contributed by atoms with Gasteiger partial charge >= 0.3 is 0 Å². The maximum absolute atomic E-state index is 9.92. The Morgan fingerprint density at radius 3 is 2.60 bits per heavy atom. The Hall–Kier alpha value is -2.04. The average molecular weight is 360 g/mol. The highest BCUT2D eigenvalue weighted by Crippen LogP contribution is 2.20. The number of aliphatic imine (C=N–C) groups is 1. The van der Waals surface area contributed by atoms with Crippen molar-refractivity contribution in [3.8, 4) is 11.5 Å². The number of nitrogens with zero attached hydrogens (tertiary/aromatic N) is 1. The van der Waals surface area contributed by atoms with Gasteiger partial charge in [-0.15, -0.1) is 0 Å². The third-order valence-corrected chi connectivity index (χ3v) is 5.00. The van der Waals surface area contributed by atoms with Crippen LogP contribution in [0, 0.1) is 0 Å². The second-order valence-electron chi connectivity index (χ2n) is 6.39. The molecular weight excluding hydrogens is 336 g/mol. The van der Waals surface area contributed by atoms with Crippen LogP contribution in [0.4, 0.5) is 0 Å². The summed E-state index contributed by atoms with van der Waals surface area (Å²) >= 11 is 6.00. The van der Waals surface area contributed by atoms with Crippen molar-refractivity contribution in [2.45, 2.75) is 18.9 Å². The fourth-order valence-corrected chi connectivity index (χ4v) is 3.55. The molecule has 3 rings (SSSR count). The summed E-state index contributed by atoms with van der Waals surface area (Å²) in [7, 11) is 1.68. The predicted octanol–water partition coefficient (Wildman–Crippen LogP) is 2.89. The molecule has 4 nitrogen and oxygen atoms in total. The van der Waals surface area contributed by atoms with E-state index < -0.39 is 0 Å². The average Bonchev–Trinajstić information content (AvgIpc) is 3.16. The van der Waals surface area contributed by atoms with E-state index in [1.165, 1.54) is 31.5 Å². The van der Waals surface area contributed by atoms with Crippen LogP contribution < -0.4 is 9.64 Å². The van der Waals surface area contributed by atoms with E-state index in [0.29, 0.717) is 23.2 Å². The zero-order valence-electron chi connectivity index (χ0n) is 14.4. The number of hydrogen-bond donors (Lipinski definition) is 2. The van der Waals surface area contributed by atoms with Crippen LogP contribution in [0.25, 0.3) is 0 Å². The van der Waals surface area contributed by atoms with Gasteiger partial charge in [0.2, 0.25) is 0 Å². The summed E-state index contributed by atoms with van der Waals surface area (Å²) in [5.41, 5.74) is 1.92. The lowest BCUT2D eigenvalue weighted by Gasteiger charge is -2.23. The lowest BCUT2D eigenvalue weighted by molar-refractivity contribution is -0.918. The Balaban J connectivity index is 1.77. The first-order chi connectivity index (χ1) is 12.2. The SMILES string of the molecule is COc1ccc([C@H](CN=Cc2cc(Cl)ccc2O)[NH+]2CCCC2)cc1. The quantitative estimate of drug-likeness (QED) is 0.779. The molecule has 0 spiro atoms. The molecule has 2 aromatic carbocycles. The molecule has 0 aromatic heterocycles. The molecule has 1 saturated heterocycles.